The van der Waals surface area contributed by atoms with Crippen molar-refractivity contribution in [3.8, 4) is 0 Å². The summed E-state index contributed by atoms with van der Waals surface area (Å²) in [5.74, 6) is -0.0756. The molecule has 0 unspecified atom stereocenters. The molecular weight excluding hydrogens is 388 g/mol. The lowest BCUT2D eigenvalue weighted by Crippen LogP contribution is -2.50. The van der Waals surface area contributed by atoms with E-state index >= 15 is 0 Å². The molecule has 3 atom stereocenters. The second-order valence-corrected chi connectivity index (χ2v) is 8.28. The van der Waals surface area contributed by atoms with Crippen molar-refractivity contribution in [2.24, 2.45) is 0 Å². The first-order chi connectivity index (χ1) is 13.8. The van der Waals surface area contributed by atoms with Crippen LogP contribution in [0.25, 0.3) is 0 Å². The number of benzene rings is 2. The molecule has 0 radical (unpaired) electrons. The maximum Gasteiger partial charge on any atom is 0.221 e. The standard InChI is InChI=1S/C23H27ClN2O3/c1-4-22(28)26-23(3)13-20(16-5-9-18(24)10-6-16)29-21(14-23)17-7-11-19(12-8-17)25-15(2)27/h5-12,20-21H,4,13-14H2,1-3H3,(H,25,27)(H,26,28)/t20-,21+,23-/m0/s1. The Morgan fingerprint density at radius 1 is 1.03 bits per heavy atom. The van der Waals surface area contributed by atoms with Crippen molar-refractivity contribution in [1.29, 1.82) is 0 Å². The first-order valence-electron chi connectivity index (χ1n) is 9.87. The van der Waals surface area contributed by atoms with Crippen LogP contribution in [0.4, 0.5) is 5.69 Å². The zero-order valence-corrected chi connectivity index (χ0v) is 17.8. The van der Waals surface area contributed by atoms with E-state index in [2.05, 4.69) is 17.6 Å². The van der Waals surface area contributed by atoms with E-state index in [4.69, 9.17) is 16.3 Å². The van der Waals surface area contributed by atoms with Gasteiger partial charge in [-0.1, -0.05) is 42.8 Å². The maximum atomic E-state index is 12.2. The van der Waals surface area contributed by atoms with Gasteiger partial charge in [0, 0.05) is 42.4 Å². The molecule has 1 aliphatic heterocycles. The Morgan fingerprint density at radius 2 is 1.55 bits per heavy atom. The van der Waals surface area contributed by atoms with Gasteiger partial charge in [-0.25, -0.2) is 0 Å². The molecule has 0 saturated carbocycles. The Hall–Kier alpha value is -2.37. The largest absolute Gasteiger partial charge is 0.365 e. The van der Waals surface area contributed by atoms with Gasteiger partial charge in [-0.2, -0.15) is 0 Å². The van der Waals surface area contributed by atoms with Crippen molar-refractivity contribution in [1.82, 2.24) is 5.32 Å². The van der Waals surface area contributed by atoms with E-state index in [0.29, 0.717) is 24.3 Å². The van der Waals surface area contributed by atoms with E-state index < -0.39 is 5.54 Å². The zero-order valence-electron chi connectivity index (χ0n) is 17.0. The first-order valence-corrected chi connectivity index (χ1v) is 10.3. The quantitative estimate of drug-likeness (QED) is 0.708. The molecule has 1 heterocycles. The van der Waals surface area contributed by atoms with Gasteiger partial charge < -0.3 is 15.4 Å². The lowest BCUT2D eigenvalue weighted by atomic mass is 9.81. The molecule has 0 bridgehead atoms. The third-order valence-electron chi connectivity index (χ3n) is 5.21. The Balaban J connectivity index is 1.87. The molecule has 2 aromatic carbocycles. The van der Waals surface area contributed by atoms with E-state index in [1.54, 1.807) is 0 Å². The minimum absolute atomic E-state index is 0.0315. The van der Waals surface area contributed by atoms with Crippen LogP contribution in [0.5, 0.6) is 0 Å². The van der Waals surface area contributed by atoms with E-state index in [1.165, 1.54) is 6.92 Å². The summed E-state index contributed by atoms with van der Waals surface area (Å²) in [6.07, 6.45) is 1.45. The topological polar surface area (TPSA) is 67.4 Å². The molecular formula is C23H27ClN2O3. The summed E-state index contributed by atoms with van der Waals surface area (Å²) in [5, 5.41) is 6.64. The summed E-state index contributed by atoms with van der Waals surface area (Å²) in [6.45, 7) is 5.41. The van der Waals surface area contributed by atoms with Crippen LogP contribution in [-0.4, -0.2) is 17.4 Å². The maximum absolute atomic E-state index is 12.2. The molecule has 1 aliphatic rings. The number of carbonyl (C=O) groups excluding carboxylic acids is 2. The predicted molar refractivity (Wildman–Crippen MR) is 115 cm³/mol. The highest BCUT2D eigenvalue weighted by Gasteiger charge is 2.40. The Labute approximate surface area is 176 Å². The number of halogens is 1. The van der Waals surface area contributed by atoms with Crippen LogP contribution in [0.15, 0.2) is 48.5 Å². The minimum atomic E-state index is -0.392. The normalized spacial score (nSPS) is 24.0. The number of anilines is 1. The van der Waals surface area contributed by atoms with E-state index in [0.717, 1.165) is 16.8 Å². The number of hydrogen-bond donors (Lipinski definition) is 2. The average molecular weight is 415 g/mol. The van der Waals surface area contributed by atoms with Gasteiger partial charge in [0.2, 0.25) is 11.8 Å². The number of carbonyl (C=O) groups is 2. The molecule has 2 N–H and O–H groups in total. The van der Waals surface area contributed by atoms with Gasteiger partial charge >= 0.3 is 0 Å². The fraction of sp³-hybridized carbons (Fsp3) is 0.391. The van der Waals surface area contributed by atoms with Crippen molar-refractivity contribution in [2.75, 3.05) is 5.32 Å². The molecule has 1 fully saturated rings. The second kappa shape index (κ2) is 8.97. The van der Waals surface area contributed by atoms with E-state index in [1.807, 2.05) is 55.5 Å². The molecule has 2 aromatic rings. The molecule has 29 heavy (non-hydrogen) atoms. The van der Waals surface area contributed by atoms with Gasteiger partial charge in [0.05, 0.1) is 12.2 Å². The van der Waals surface area contributed by atoms with Crippen LogP contribution in [-0.2, 0) is 14.3 Å². The highest BCUT2D eigenvalue weighted by atomic mass is 35.5. The average Bonchev–Trinajstić information content (AvgIpc) is 2.67. The third-order valence-corrected chi connectivity index (χ3v) is 5.46. The molecule has 0 aromatic heterocycles. The van der Waals surface area contributed by atoms with Gasteiger partial charge in [-0.3, -0.25) is 9.59 Å². The molecule has 1 saturated heterocycles. The number of rotatable bonds is 5. The monoisotopic (exact) mass is 414 g/mol. The van der Waals surface area contributed by atoms with Crippen LogP contribution in [0, 0.1) is 0 Å². The fourth-order valence-electron chi connectivity index (χ4n) is 3.78. The van der Waals surface area contributed by atoms with Gasteiger partial charge in [0.25, 0.3) is 0 Å². The molecule has 0 aliphatic carbocycles. The van der Waals surface area contributed by atoms with Crippen molar-refractivity contribution in [2.45, 2.75) is 57.8 Å². The van der Waals surface area contributed by atoms with Crippen molar-refractivity contribution >= 4 is 29.1 Å². The van der Waals surface area contributed by atoms with Crippen molar-refractivity contribution in [3.63, 3.8) is 0 Å². The van der Waals surface area contributed by atoms with Crippen molar-refractivity contribution < 1.29 is 14.3 Å². The number of hydrogen-bond acceptors (Lipinski definition) is 3. The summed E-state index contributed by atoms with van der Waals surface area (Å²) < 4.78 is 6.45. The summed E-state index contributed by atoms with van der Waals surface area (Å²) >= 11 is 6.04. The molecule has 6 heteroatoms. The lowest BCUT2D eigenvalue weighted by molar-refractivity contribution is -0.128. The van der Waals surface area contributed by atoms with Crippen LogP contribution in [0.2, 0.25) is 5.02 Å². The summed E-state index contributed by atoms with van der Waals surface area (Å²) in [4.78, 5) is 23.4. The van der Waals surface area contributed by atoms with E-state index in [-0.39, 0.29) is 24.0 Å². The van der Waals surface area contributed by atoms with Crippen LogP contribution in [0.3, 0.4) is 0 Å². The molecule has 2 amide bonds. The molecule has 3 rings (SSSR count). The first kappa shape index (κ1) is 21.3. The number of ether oxygens (including phenoxy) is 1. The van der Waals surface area contributed by atoms with Crippen LogP contribution >= 0.6 is 11.6 Å². The SMILES string of the molecule is CCC(=O)N[C@@]1(C)C[C@@H](c2ccc(Cl)cc2)O[C@@H](c2ccc(NC(C)=O)cc2)C1. The van der Waals surface area contributed by atoms with Crippen molar-refractivity contribution in [3.05, 3.63) is 64.7 Å². The minimum Gasteiger partial charge on any atom is -0.365 e. The molecule has 154 valence electrons. The van der Waals surface area contributed by atoms with Gasteiger partial charge in [0.1, 0.15) is 0 Å². The Kier molecular flexibility index (Phi) is 6.60. The molecule has 0 spiro atoms. The Bertz CT molecular complexity index is 867. The second-order valence-electron chi connectivity index (χ2n) is 7.84. The predicted octanol–water partition coefficient (Wildman–Crippen LogP) is 5.18. The summed E-state index contributed by atoms with van der Waals surface area (Å²) in [5.41, 5.74) is 2.39. The van der Waals surface area contributed by atoms with Gasteiger partial charge in [-0.05, 0) is 42.3 Å². The fourth-order valence-corrected chi connectivity index (χ4v) is 3.90. The van der Waals surface area contributed by atoms with Gasteiger partial charge in [-0.15, -0.1) is 0 Å². The number of amides is 2. The highest BCUT2D eigenvalue weighted by Crippen LogP contribution is 2.44. The van der Waals surface area contributed by atoms with Gasteiger partial charge in [0.15, 0.2) is 0 Å². The van der Waals surface area contributed by atoms with E-state index in [9.17, 15) is 9.59 Å². The lowest BCUT2D eigenvalue weighted by Gasteiger charge is -2.43. The smallest absolute Gasteiger partial charge is 0.221 e. The molecule has 5 nitrogen and oxygen atoms in total. The summed E-state index contributed by atoms with van der Waals surface area (Å²) in [7, 11) is 0. The highest BCUT2D eigenvalue weighted by molar-refractivity contribution is 6.30. The zero-order chi connectivity index (χ0) is 21.0. The van der Waals surface area contributed by atoms with Crippen LogP contribution < -0.4 is 10.6 Å². The van der Waals surface area contributed by atoms with Crippen LogP contribution in [0.1, 0.15) is 63.4 Å². The third kappa shape index (κ3) is 5.58. The summed E-state index contributed by atoms with van der Waals surface area (Å²) in [6, 6.07) is 15.3. The number of nitrogens with one attached hydrogen (secondary N) is 2. The Morgan fingerprint density at radius 3 is 2.03 bits per heavy atom.